The number of nitrogens with zero attached hydrogens (tertiary/aromatic N) is 5. The Hall–Kier alpha value is -3.72. The molecule has 9 nitrogen and oxygen atoms in total. The molecular weight excluding hydrogens is 418 g/mol. The third-order valence-electron chi connectivity index (χ3n) is 6.12. The van der Waals surface area contributed by atoms with Crippen LogP contribution in [0.15, 0.2) is 65.0 Å². The van der Waals surface area contributed by atoms with Gasteiger partial charge >= 0.3 is 0 Å². The Morgan fingerprint density at radius 3 is 2.55 bits per heavy atom. The molecule has 9 heteroatoms. The van der Waals surface area contributed by atoms with E-state index in [1.807, 2.05) is 79.0 Å². The van der Waals surface area contributed by atoms with Crippen molar-refractivity contribution in [2.75, 3.05) is 25.7 Å². The molecule has 0 amide bonds. The second kappa shape index (κ2) is 8.32. The number of benzene rings is 1. The van der Waals surface area contributed by atoms with E-state index in [4.69, 9.17) is 20.9 Å². The van der Waals surface area contributed by atoms with E-state index in [0.717, 1.165) is 33.8 Å². The molecule has 0 atom stereocenters. The zero-order valence-corrected chi connectivity index (χ0v) is 20.0. The van der Waals surface area contributed by atoms with Crippen LogP contribution >= 0.6 is 0 Å². The maximum Gasteiger partial charge on any atom is 0.205 e. The fourth-order valence-electron chi connectivity index (χ4n) is 3.94. The molecule has 4 rings (SSSR count). The van der Waals surface area contributed by atoms with E-state index in [1.54, 1.807) is 20.4 Å². The first-order chi connectivity index (χ1) is 15.7. The lowest BCUT2D eigenvalue weighted by Gasteiger charge is -2.38. The largest absolute Gasteiger partial charge is 0.495 e. The lowest BCUT2D eigenvalue weighted by molar-refractivity contribution is 0.00703. The molecule has 1 aromatic heterocycles. The van der Waals surface area contributed by atoms with Gasteiger partial charge in [-0.25, -0.2) is 4.99 Å². The summed E-state index contributed by atoms with van der Waals surface area (Å²) in [7, 11) is 5.25. The van der Waals surface area contributed by atoms with Crippen molar-refractivity contribution in [3.05, 3.63) is 65.7 Å². The number of rotatable bonds is 6. The first-order valence-corrected chi connectivity index (χ1v) is 10.7. The van der Waals surface area contributed by atoms with E-state index in [9.17, 15) is 0 Å². The number of hydrogen-bond acceptors (Lipinski definition) is 8. The molecule has 0 spiro atoms. The van der Waals surface area contributed by atoms with Crippen LogP contribution in [0, 0.1) is 6.92 Å². The summed E-state index contributed by atoms with van der Waals surface area (Å²) in [5, 5.41) is 4.35. The number of hydrogen-bond donors (Lipinski definition) is 2. The molecule has 3 heterocycles. The number of aryl methyl sites for hydroxylation is 1. The summed E-state index contributed by atoms with van der Waals surface area (Å²) in [4.78, 5) is 8.19. The average molecular weight is 450 g/mol. The third-order valence-corrected chi connectivity index (χ3v) is 6.12. The highest BCUT2D eigenvalue weighted by Gasteiger charge is 2.32. The quantitative estimate of drug-likeness (QED) is 0.698. The predicted molar refractivity (Wildman–Crippen MR) is 130 cm³/mol. The van der Waals surface area contributed by atoms with Crippen molar-refractivity contribution in [2.45, 2.75) is 26.4 Å². The monoisotopic (exact) mass is 449 g/mol. The number of anilines is 1. The van der Waals surface area contributed by atoms with Gasteiger partial charge in [0.2, 0.25) is 5.96 Å². The standard InChI is InChI=1S/C24H31N7O2/c1-15-18(13-28-29(15)4)16-7-8-19(20(11-16)32-5)31-21-17(12-27-23(31)26)9-10-30(22(21)25)14-24(2,3)33-6/h7-13H,14,25H2,1-6H3,(H2,26,27). The number of fused-ring (bicyclic) bond motifs is 1. The smallest absolute Gasteiger partial charge is 0.205 e. The molecule has 0 bridgehead atoms. The van der Waals surface area contributed by atoms with E-state index in [-0.39, 0.29) is 0 Å². The van der Waals surface area contributed by atoms with Crippen molar-refractivity contribution in [2.24, 2.45) is 23.5 Å². The van der Waals surface area contributed by atoms with E-state index >= 15 is 0 Å². The fraction of sp³-hybridized carbons (Fsp3) is 0.333. The Morgan fingerprint density at radius 1 is 1.15 bits per heavy atom. The zero-order valence-electron chi connectivity index (χ0n) is 20.0. The van der Waals surface area contributed by atoms with Gasteiger partial charge in [0.05, 0.1) is 36.8 Å². The van der Waals surface area contributed by atoms with Crippen molar-refractivity contribution in [3.63, 3.8) is 0 Å². The van der Waals surface area contributed by atoms with E-state index < -0.39 is 5.60 Å². The Balaban J connectivity index is 1.79. The van der Waals surface area contributed by atoms with Crippen LogP contribution in [0.25, 0.3) is 11.1 Å². The minimum absolute atomic E-state index is 0.307. The second-order valence-corrected chi connectivity index (χ2v) is 8.70. The SMILES string of the molecule is COc1cc(-c2cnn(C)c2C)ccc1N1C(N)=NC=C2C=CN(CC(C)(C)OC)C(N)=C21. The van der Waals surface area contributed by atoms with Crippen LogP contribution in [0.4, 0.5) is 5.69 Å². The van der Waals surface area contributed by atoms with E-state index in [2.05, 4.69) is 10.1 Å². The maximum absolute atomic E-state index is 6.67. The van der Waals surface area contributed by atoms with Crippen LogP contribution in [0.3, 0.4) is 0 Å². The summed E-state index contributed by atoms with van der Waals surface area (Å²) in [6, 6.07) is 5.97. The molecule has 33 heavy (non-hydrogen) atoms. The van der Waals surface area contributed by atoms with Crippen LogP contribution in [0.1, 0.15) is 19.5 Å². The number of guanidine groups is 1. The van der Waals surface area contributed by atoms with Gasteiger partial charge in [-0.3, -0.25) is 9.58 Å². The maximum atomic E-state index is 6.67. The first kappa shape index (κ1) is 22.5. The minimum Gasteiger partial charge on any atom is -0.495 e. The molecule has 4 N–H and O–H groups in total. The number of allylic oxidation sites excluding steroid dienone is 1. The molecule has 174 valence electrons. The van der Waals surface area contributed by atoms with Crippen molar-refractivity contribution < 1.29 is 9.47 Å². The van der Waals surface area contributed by atoms with Crippen molar-refractivity contribution in [3.8, 4) is 16.9 Å². The van der Waals surface area contributed by atoms with Gasteiger partial charge in [0.1, 0.15) is 11.6 Å². The van der Waals surface area contributed by atoms with Crippen LogP contribution in [0.5, 0.6) is 5.75 Å². The second-order valence-electron chi connectivity index (χ2n) is 8.70. The minimum atomic E-state index is -0.392. The number of nitrogens with two attached hydrogens (primary N) is 2. The fourth-order valence-corrected chi connectivity index (χ4v) is 3.94. The number of ether oxygens (including phenoxy) is 2. The van der Waals surface area contributed by atoms with Crippen LogP contribution in [-0.4, -0.2) is 47.0 Å². The van der Waals surface area contributed by atoms with Gasteiger partial charge < -0.3 is 25.8 Å². The van der Waals surface area contributed by atoms with Crippen LogP contribution < -0.4 is 21.1 Å². The van der Waals surface area contributed by atoms with Gasteiger partial charge in [0.15, 0.2) is 0 Å². The topological polar surface area (TPSA) is 107 Å². The normalized spacial score (nSPS) is 16.1. The molecule has 0 saturated carbocycles. The predicted octanol–water partition coefficient (Wildman–Crippen LogP) is 2.80. The van der Waals surface area contributed by atoms with Gasteiger partial charge in [-0.05, 0) is 44.5 Å². The van der Waals surface area contributed by atoms with E-state index in [0.29, 0.717) is 24.1 Å². The zero-order chi connectivity index (χ0) is 23.9. The van der Waals surface area contributed by atoms with Crippen LogP contribution in [-0.2, 0) is 11.8 Å². The first-order valence-electron chi connectivity index (χ1n) is 10.7. The van der Waals surface area contributed by atoms with Gasteiger partial charge in [-0.1, -0.05) is 6.07 Å². The van der Waals surface area contributed by atoms with Gasteiger partial charge in [-0.2, -0.15) is 5.10 Å². The van der Waals surface area contributed by atoms with Crippen LogP contribution in [0.2, 0.25) is 0 Å². The summed E-state index contributed by atoms with van der Waals surface area (Å²) < 4.78 is 13.2. The summed E-state index contributed by atoms with van der Waals surface area (Å²) >= 11 is 0. The highest BCUT2D eigenvalue weighted by molar-refractivity contribution is 6.02. The molecule has 2 aliphatic rings. The van der Waals surface area contributed by atoms with Crippen molar-refractivity contribution >= 4 is 11.6 Å². The summed E-state index contributed by atoms with van der Waals surface area (Å²) in [5.74, 6) is 1.51. The molecule has 0 fully saturated rings. The Bertz CT molecular complexity index is 1200. The molecule has 0 unspecified atom stereocenters. The number of aliphatic imine (C=N–C) groups is 1. The molecule has 0 radical (unpaired) electrons. The highest BCUT2D eigenvalue weighted by Crippen LogP contribution is 2.40. The summed E-state index contributed by atoms with van der Waals surface area (Å²) in [5.41, 5.74) is 18.1. The Kier molecular flexibility index (Phi) is 5.67. The molecule has 2 aliphatic heterocycles. The Labute approximate surface area is 194 Å². The molecule has 2 aromatic rings. The van der Waals surface area contributed by atoms with Gasteiger partial charge in [0, 0.05) is 43.4 Å². The van der Waals surface area contributed by atoms with Crippen molar-refractivity contribution in [1.29, 1.82) is 0 Å². The highest BCUT2D eigenvalue weighted by atomic mass is 16.5. The summed E-state index contributed by atoms with van der Waals surface area (Å²) in [6.07, 6.45) is 7.48. The van der Waals surface area contributed by atoms with Gasteiger partial charge in [0.25, 0.3) is 0 Å². The molecular formula is C24H31N7O2. The molecule has 0 aliphatic carbocycles. The third kappa shape index (κ3) is 3.95. The lowest BCUT2D eigenvalue weighted by atomic mass is 10.0. The summed E-state index contributed by atoms with van der Waals surface area (Å²) in [6.45, 7) is 6.64. The molecule has 1 aromatic carbocycles. The lowest BCUT2D eigenvalue weighted by Crippen LogP contribution is -2.46. The number of aromatic nitrogens is 2. The average Bonchev–Trinajstić information content (AvgIpc) is 3.13. The number of methoxy groups -OCH3 is 2. The van der Waals surface area contributed by atoms with Gasteiger partial charge in [-0.15, -0.1) is 0 Å². The Morgan fingerprint density at radius 2 is 1.91 bits per heavy atom. The molecule has 0 saturated heterocycles. The van der Waals surface area contributed by atoms with Crippen molar-refractivity contribution in [1.82, 2.24) is 14.7 Å². The van der Waals surface area contributed by atoms with E-state index in [1.165, 1.54) is 0 Å².